The molecule has 0 bridgehead atoms. The molecule has 74 valence electrons. The Morgan fingerprint density at radius 1 is 1.31 bits per heavy atom. The van der Waals surface area contributed by atoms with E-state index in [9.17, 15) is 17.6 Å². The lowest BCUT2D eigenvalue weighted by Crippen LogP contribution is -2.46. The van der Waals surface area contributed by atoms with Gasteiger partial charge in [-0.25, -0.2) is 4.39 Å². The Hall–Kier alpha value is -0.320. The van der Waals surface area contributed by atoms with Crippen molar-refractivity contribution in [1.82, 2.24) is 0 Å². The molecule has 13 heavy (non-hydrogen) atoms. The zero-order valence-electron chi connectivity index (χ0n) is 6.48. The second kappa shape index (κ2) is 3.44. The van der Waals surface area contributed by atoms with Crippen LogP contribution in [-0.4, -0.2) is 17.2 Å². The molecule has 0 saturated heterocycles. The molecule has 0 N–H and O–H groups in total. The van der Waals surface area contributed by atoms with Crippen LogP contribution in [0.15, 0.2) is 24.3 Å². The van der Waals surface area contributed by atoms with Gasteiger partial charge < -0.3 is 0 Å². The van der Waals surface area contributed by atoms with E-state index in [0.29, 0.717) is 6.08 Å². The van der Waals surface area contributed by atoms with Gasteiger partial charge in [0.2, 0.25) is 5.67 Å². The monoisotopic (exact) mass is 258 g/mol. The minimum absolute atomic E-state index is 0.0517. The lowest BCUT2D eigenvalue weighted by molar-refractivity contribution is -0.222. The molecule has 0 spiro atoms. The van der Waals surface area contributed by atoms with Gasteiger partial charge in [0.25, 0.3) is 0 Å². The lowest BCUT2D eigenvalue weighted by Gasteiger charge is -2.31. The molecule has 0 radical (unpaired) electrons. The summed E-state index contributed by atoms with van der Waals surface area (Å²) in [6, 6.07) is 0. The maximum absolute atomic E-state index is 13.5. The molecule has 0 heterocycles. The number of alkyl halides is 5. The average Bonchev–Trinajstić information content (AvgIpc) is 2.03. The van der Waals surface area contributed by atoms with E-state index in [2.05, 4.69) is 15.9 Å². The zero-order chi connectivity index (χ0) is 10.1. The minimum atomic E-state index is -4.85. The number of rotatable bonds is 1. The van der Waals surface area contributed by atoms with E-state index in [1.165, 1.54) is 12.2 Å². The summed E-state index contributed by atoms with van der Waals surface area (Å²) < 4.78 is 50.3. The molecule has 1 aliphatic rings. The Labute approximate surface area is 81.4 Å². The van der Waals surface area contributed by atoms with Crippen LogP contribution in [0.25, 0.3) is 0 Å². The van der Waals surface area contributed by atoms with Crippen LogP contribution in [0, 0.1) is 5.92 Å². The van der Waals surface area contributed by atoms with E-state index in [4.69, 9.17) is 0 Å². The summed E-state index contributed by atoms with van der Waals surface area (Å²) in [6.45, 7) is 0. The SMILES string of the molecule is FC(F)(F)C1(F)C=CC=CC1CBr. The molecule has 2 atom stereocenters. The minimum Gasteiger partial charge on any atom is -0.229 e. The van der Waals surface area contributed by atoms with E-state index < -0.39 is 17.8 Å². The van der Waals surface area contributed by atoms with Crippen molar-refractivity contribution in [2.45, 2.75) is 11.8 Å². The van der Waals surface area contributed by atoms with Gasteiger partial charge >= 0.3 is 6.18 Å². The number of allylic oxidation sites excluding steroid dienone is 4. The summed E-state index contributed by atoms with van der Waals surface area (Å²) in [5.41, 5.74) is -3.23. The second-order valence-electron chi connectivity index (χ2n) is 2.77. The van der Waals surface area contributed by atoms with Crippen molar-refractivity contribution in [3.63, 3.8) is 0 Å². The van der Waals surface area contributed by atoms with Crippen molar-refractivity contribution in [2.75, 3.05) is 5.33 Å². The highest BCUT2D eigenvalue weighted by Crippen LogP contribution is 2.43. The quantitative estimate of drug-likeness (QED) is 0.500. The van der Waals surface area contributed by atoms with Crippen molar-refractivity contribution in [1.29, 1.82) is 0 Å². The summed E-state index contributed by atoms with van der Waals surface area (Å²) in [5.74, 6) is -1.18. The Balaban J connectivity index is 3.00. The lowest BCUT2D eigenvalue weighted by atomic mass is 9.86. The normalized spacial score (nSPS) is 33.8. The topological polar surface area (TPSA) is 0 Å². The molecule has 5 heteroatoms. The molecule has 2 unspecified atom stereocenters. The van der Waals surface area contributed by atoms with Gasteiger partial charge in [-0.3, -0.25) is 0 Å². The first-order valence-electron chi connectivity index (χ1n) is 3.59. The van der Waals surface area contributed by atoms with Gasteiger partial charge in [0.05, 0.1) is 0 Å². The van der Waals surface area contributed by atoms with Gasteiger partial charge in [-0.2, -0.15) is 13.2 Å². The second-order valence-corrected chi connectivity index (χ2v) is 3.42. The van der Waals surface area contributed by atoms with Crippen LogP contribution in [0.5, 0.6) is 0 Å². The van der Waals surface area contributed by atoms with Crippen LogP contribution in [0.1, 0.15) is 0 Å². The van der Waals surface area contributed by atoms with Crippen molar-refractivity contribution in [2.24, 2.45) is 5.92 Å². The Morgan fingerprint density at radius 3 is 2.31 bits per heavy atom. The fourth-order valence-corrected chi connectivity index (χ4v) is 1.81. The van der Waals surface area contributed by atoms with Crippen LogP contribution >= 0.6 is 15.9 Å². The average molecular weight is 259 g/mol. The molecule has 0 aromatic carbocycles. The summed E-state index contributed by atoms with van der Waals surface area (Å²) in [4.78, 5) is 0. The predicted molar refractivity (Wildman–Crippen MR) is 45.5 cm³/mol. The molecular formula is C8H7BrF4. The maximum atomic E-state index is 13.5. The van der Waals surface area contributed by atoms with Crippen LogP contribution in [0.4, 0.5) is 17.6 Å². The van der Waals surface area contributed by atoms with Crippen LogP contribution in [0.3, 0.4) is 0 Å². The number of halogens is 5. The Kier molecular flexibility index (Phi) is 2.85. The van der Waals surface area contributed by atoms with Gasteiger partial charge in [-0.15, -0.1) is 0 Å². The highest BCUT2D eigenvalue weighted by molar-refractivity contribution is 9.09. The molecule has 0 fully saturated rings. The number of hydrogen-bond acceptors (Lipinski definition) is 0. The molecule has 0 aromatic heterocycles. The molecule has 1 rings (SSSR count). The third kappa shape index (κ3) is 1.80. The third-order valence-electron chi connectivity index (χ3n) is 1.93. The molecule has 0 nitrogen and oxygen atoms in total. The van der Waals surface area contributed by atoms with Crippen molar-refractivity contribution in [3.05, 3.63) is 24.3 Å². The van der Waals surface area contributed by atoms with E-state index in [1.54, 1.807) is 0 Å². The van der Waals surface area contributed by atoms with Crippen LogP contribution in [0.2, 0.25) is 0 Å². The molecular weight excluding hydrogens is 252 g/mol. The van der Waals surface area contributed by atoms with Gasteiger partial charge in [-0.05, 0) is 6.08 Å². The maximum Gasteiger partial charge on any atom is 0.426 e. The van der Waals surface area contributed by atoms with Crippen LogP contribution in [-0.2, 0) is 0 Å². The Bertz CT molecular complexity index is 243. The fourth-order valence-electron chi connectivity index (χ4n) is 1.13. The summed E-state index contributed by atoms with van der Waals surface area (Å²) in [6.07, 6.45) is -0.601. The van der Waals surface area contributed by atoms with Crippen molar-refractivity contribution in [3.8, 4) is 0 Å². The summed E-state index contributed by atoms with van der Waals surface area (Å²) >= 11 is 2.85. The summed E-state index contributed by atoms with van der Waals surface area (Å²) in [7, 11) is 0. The largest absolute Gasteiger partial charge is 0.426 e. The van der Waals surface area contributed by atoms with Gasteiger partial charge in [0.15, 0.2) is 0 Å². The Morgan fingerprint density at radius 2 is 1.92 bits per heavy atom. The molecule has 0 aliphatic heterocycles. The first-order valence-corrected chi connectivity index (χ1v) is 4.71. The molecule has 1 aliphatic carbocycles. The molecule has 0 amide bonds. The molecule has 0 saturated carbocycles. The third-order valence-corrected chi connectivity index (χ3v) is 2.63. The smallest absolute Gasteiger partial charge is 0.229 e. The molecule has 0 aromatic rings. The highest BCUT2D eigenvalue weighted by Gasteiger charge is 2.58. The summed E-state index contributed by atoms with van der Waals surface area (Å²) in [5, 5.41) is -0.0517. The number of hydrogen-bond donors (Lipinski definition) is 0. The highest BCUT2D eigenvalue weighted by atomic mass is 79.9. The van der Waals surface area contributed by atoms with Gasteiger partial charge in [0.1, 0.15) is 0 Å². The van der Waals surface area contributed by atoms with E-state index >= 15 is 0 Å². The zero-order valence-corrected chi connectivity index (χ0v) is 8.07. The first kappa shape index (κ1) is 10.8. The van der Waals surface area contributed by atoms with Gasteiger partial charge in [-0.1, -0.05) is 34.2 Å². The van der Waals surface area contributed by atoms with E-state index in [1.807, 2.05) is 0 Å². The van der Waals surface area contributed by atoms with Crippen molar-refractivity contribution < 1.29 is 17.6 Å². The standard InChI is InChI=1S/C8H7BrF4/c9-5-6-3-1-2-4-7(6,10)8(11,12)13/h1-4,6H,5H2. The van der Waals surface area contributed by atoms with Gasteiger partial charge in [0, 0.05) is 11.2 Å². The van der Waals surface area contributed by atoms with Crippen molar-refractivity contribution >= 4 is 15.9 Å². The first-order chi connectivity index (χ1) is 5.92. The predicted octanol–water partition coefficient (Wildman–Crippen LogP) is 3.39. The van der Waals surface area contributed by atoms with Crippen LogP contribution < -0.4 is 0 Å². The fraction of sp³-hybridized carbons (Fsp3) is 0.500. The van der Waals surface area contributed by atoms with E-state index in [-0.39, 0.29) is 5.33 Å². The van der Waals surface area contributed by atoms with E-state index in [0.717, 1.165) is 6.08 Å².